The second-order valence-corrected chi connectivity index (χ2v) is 12.9. The van der Waals surface area contributed by atoms with E-state index >= 15 is 0 Å². The summed E-state index contributed by atoms with van der Waals surface area (Å²) in [5, 5.41) is 7.08. The van der Waals surface area contributed by atoms with Crippen LogP contribution >= 0.6 is 0 Å². The van der Waals surface area contributed by atoms with Crippen LogP contribution in [0.2, 0.25) is 0 Å². The van der Waals surface area contributed by atoms with Crippen molar-refractivity contribution in [1.29, 1.82) is 0 Å². The summed E-state index contributed by atoms with van der Waals surface area (Å²) in [7, 11) is 0. The van der Waals surface area contributed by atoms with Crippen molar-refractivity contribution in [3.8, 4) is 34.1 Å². The van der Waals surface area contributed by atoms with Crippen LogP contribution in [-0.4, -0.2) is 19.3 Å². The van der Waals surface area contributed by atoms with Crippen molar-refractivity contribution in [2.45, 2.75) is 59.8 Å². The van der Waals surface area contributed by atoms with Gasteiger partial charge in [-0.2, -0.15) is 17.2 Å². The third kappa shape index (κ3) is 6.62. The zero-order valence-electron chi connectivity index (χ0n) is 29.0. The van der Waals surface area contributed by atoms with Crippen LogP contribution < -0.4 is 4.74 Å². The van der Waals surface area contributed by atoms with Crippen LogP contribution in [0.1, 0.15) is 64.3 Å². The largest absolute Gasteiger partial charge is 2.00 e. The number of hydrogen-bond acceptors (Lipinski definition) is 3. The first-order valence-corrected chi connectivity index (χ1v) is 16.5. The minimum absolute atomic E-state index is 0. The van der Waals surface area contributed by atoms with Gasteiger partial charge in [0.1, 0.15) is 5.82 Å². The number of pyridine rings is 1. The SMILES string of the molecule is [2H]c1ccnc(-n2c3[c-]c(Oc4[c-]c(-n5nc(C)c(-c6ccccc6)c5C)ccc4)ccc3c3cc(C(C)CCCC(C)C)ccc32)c1.[Pt+2]. The predicted molar refractivity (Wildman–Crippen MR) is 192 cm³/mol. The molecule has 0 saturated carbocycles. The Labute approximate surface area is 299 Å². The van der Waals surface area contributed by atoms with E-state index in [2.05, 4.69) is 85.8 Å². The van der Waals surface area contributed by atoms with Crippen LogP contribution in [0.3, 0.4) is 0 Å². The molecule has 7 aromatic rings. The van der Waals surface area contributed by atoms with Crippen LogP contribution in [0, 0.1) is 31.9 Å². The van der Waals surface area contributed by atoms with Crippen molar-refractivity contribution in [3.63, 3.8) is 0 Å². The molecule has 5 nitrogen and oxygen atoms in total. The van der Waals surface area contributed by atoms with Gasteiger partial charge in [-0.05, 0) is 72.5 Å². The van der Waals surface area contributed by atoms with E-state index in [4.69, 9.17) is 11.2 Å². The van der Waals surface area contributed by atoms with E-state index in [9.17, 15) is 0 Å². The fourth-order valence-electron chi connectivity index (χ4n) is 6.62. The Balaban J connectivity index is 0.00000417. The Morgan fingerprint density at radius 2 is 1.65 bits per heavy atom. The smallest absolute Gasteiger partial charge is 0.509 e. The molecule has 4 aromatic carbocycles. The van der Waals surface area contributed by atoms with E-state index in [1.54, 1.807) is 18.3 Å². The summed E-state index contributed by atoms with van der Waals surface area (Å²) in [6.07, 6.45) is 5.31. The average molecular weight is 813 g/mol. The Morgan fingerprint density at radius 3 is 2.44 bits per heavy atom. The zero-order chi connectivity index (χ0) is 33.4. The number of fused-ring (bicyclic) bond motifs is 3. The molecule has 0 radical (unpaired) electrons. The van der Waals surface area contributed by atoms with Gasteiger partial charge in [0.2, 0.25) is 0 Å². The molecule has 0 aliphatic rings. The van der Waals surface area contributed by atoms with E-state index in [0.29, 0.717) is 29.3 Å². The Bertz CT molecular complexity index is 2240. The molecular formula is C42H40N4OPt. The van der Waals surface area contributed by atoms with Crippen LogP contribution in [-0.2, 0) is 21.1 Å². The van der Waals surface area contributed by atoms with Gasteiger partial charge < -0.3 is 9.30 Å². The molecule has 0 amide bonds. The van der Waals surface area contributed by atoms with E-state index in [0.717, 1.165) is 62.3 Å². The Kier molecular flexibility index (Phi) is 9.58. The number of ether oxygens (including phenoxy) is 1. The van der Waals surface area contributed by atoms with E-state index in [-0.39, 0.29) is 21.1 Å². The monoisotopic (exact) mass is 812 g/mol. The molecule has 48 heavy (non-hydrogen) atoms. The van der Waals surface area contributed by atoms with E-state index < -0.39 is 0 Å². The van der Waals surface area contributed by atoms with Gasteiger partial charge in [0.05, 0.1) is 7.06 Å². The topological polar surface area (TPSA) is 44.9 Å². The summed E-state index contributed by atoms with van der Waals surface area (Å²) >= 11 is 0. The molecule has 3 heterocycles. The van der Waals surface area contributed by atoms with Crippen molar-refractivity contribution in [2.75, 3.05) is 0 Å². The minimum atomic E-state index is 0. The number of aryl methyl sites for hydroxylation is 1. The molecule has 244 valence electrons. The summed E-state index contributed by atoms with van der Waals surface area (Å²) < 4.78 is 18.7. The van der Waals surface area contributed by atoms with Gasteiger partial charge in [-0.3, -0.25) is 4.68 Å². The van der Waals surface area contributed by atoms with Gasteiger partial charge in [0, 0.05) is 34.5 Å². The average Bonchev–Trinajstić information content (AvgIpc) is 3.57. The molecule has 0 saturated heterocycles. The van der Waals surface area contributed by atoms with Crippen LogP contribution in [0.5, 0.6) is 11.5 Å². The van der Waals surface area contributed by atoms with Crippen LogP contribution in [0.25, 0.3) is 44.4 Å². The van der Waals surface area contributed by atoms with Crippen LogP contribution in [0.4, 0.5) is 0 Å². The molecule has 6 heteroatoms. The van der Waals surface area contributed by atoms with Gasteiger partial charge in [-0.1, -0.05) is 87.6 Å². The van der Waals surface area contributed by atoms with Crippen molar-refractivity contribution in [1.82, 2.24) is 19.3 Å². The molecule has 1 unspecified atom stereocenters. The first-order chi connectivity index (χ1) is 23.3. The normalized spacial score (nSPS) is 12.3. The van der Waals surface area contributed by atoms with Gasteiger partial charge in [0.25, 0.3) is 0 Å². The molecule has 0 aliphatic carbocycles. The molecular weight excluding hydrogens is 772 g/mol. The van der Waals surface area contributed by atoms with Crippen molar-refractivity contribution >= 4 is 21.8 Å². The van der Waals surface area contributed by atoms with Crippen molar-refractivity contribution in [3.05, 3.63) is 132 Å². The summed E-state index contributed by atoms with van der Waals surface area (Å²) in [4.78, 5) is 4.66. The second-order valence-electron chi connectivity index (χ2n) is 12.9. The summed E-state index contributed by atoms with van der Waals surface area (Å²) in [5.41, 5.74) is 8.29. The second kappa shape index (κ2) is 14.3. The van der Waals surface area contributed by atoms with Gasteiger partial charge in [-0.25, -0.2) is 4.98 Å². The number of hydrogen-bond donors (Lipinski definition) is 0. The molecule has 7 rings (SSSR count). The number of aromatic nitrogens is 4. The molecule has 0 spiro atoms. The molecule has 0 fully saturated rings. The minimum Gasteiger partial charge on any atom is -0.509 e. The maximum absolute atomic E-state index is 8.30. The van der Waals surface area contributed by atoms with Crippen LogP contribution in [0.15, 0.2) is 103 Å². The maximum Gasteiger partial charge on any atom is 2.00 e. The summed E-state index contributed by atoms with van der Waals surface area (Å²) in [5.74, 6) is 3.00. The fourth-order valence-corrected chi connectivity index (χ4v) is 6.62. The van der Waals surface area contributed by atoms with E-state index in [1.165, 1.54) is 18.4 Å². The molecule has 3 aromatic heterocycles. The quantitative estimate of drug-likeness (QED) is 0.129. The summed E-state index contributed by atoms with van der Waals surface area (Å²) in [6, 6.07) is 37.9. The fraction of sp³-hybridized carbons (Fsp3) is 0.238. The third-order valence-corrected chi connectivity index (χ3v) is 9.03. The van der Waals surface area contributed by atoms with E-state index in [1.807, 2.05) is 54.1 Å². The molecule has 0 N–H and O–H groups in total. The van der Waals surface area contributed by atoms with Crippen molar-refractivity contribution in [2.24, 2.45) is 5.92 Å². The first kappa shape index (κ1) is 32.1. The van der Waals surface area contributed by atoms with Crippen molar-refractivity contribution < 1.29 is 27.2 Å². The molecule has 0 bridgehead atoms. The summed E-state index contributed by atoms with van der Waals surface area (Å²) in [6.45, 7) is 11.0. The number of nitrogens with zero attached hydrogens (tertiary/aromatic N) is 4. The third-order valence-electron chi connectivity index (χ3n) is 9.03. The first-order valence-electron chi connectivity index (χ1n) is 17.0. The van der Waals surface area contributed by atoms with Gasteiger partial charge >= 0.3 is 21.1 Å². The Hall–Kier alpha value is -4.47. The number of benzene rings is 4. The maximum atomic E-state index is 8.30. The zero-order valence-corrected chi connectivity index (χ0v) is 30.3. The molecule has 1 atom stereocenters. The van der Waals surface area contributed by atoms with Gasteiger partial charge in [0.15, 0.2) is 0 Å². The predicted octanol–water partition coefficient (Wildman–Crippen LogP) is 11.0. The number of rotatable bonds is 10. The standard InChI is InChI=1S/C42H40N4O.Pt/c1-28(2)13-11-14-29(3)33-20-23-39-38(25-33)37-22-21-36(27-40(37)45(39)41-19-9-10-24-43-41)47-35-18-12-17-34(26-35)46-31(5)42(30(4)44-46)32-15-7-6-8-16-32;/h6-10,12,15-25,28-29H,11,13-14H2,1-5H3;/q-2;+2/i9D;. The molecule has 0 aliphatic heterocycles. The van der Waals surface area contributed by atoms with Gasteiger partial charge in [-0.15, -0.1) is 35.7 Å². The Morgan fingerprint density at radius 1 is 0.833 bits per heavy atom.